The van der Waals surface area contributed by atoms with Crippen LogP contribution >= 0.6 is 11.8 Å². The molecule has 0 aliphatic carbocycles. The van der Waals surface area contributed by atoms with E-state index in [9.17, 15) is 4.79 Å². The van der Waals surface area contributed by atoms with Gasteiger partial charge in [-0.25, -0.2) is 4.79 Å². The number of aryl methyl sites for hydroxylation is 2. The molecule has 0 heterocycles. The van der Waals surface area contributed by atoms with Crippen LogP contribution in [0.3, 0.4) is 0 Å². The molecule has 0 aliphatic rings. The third kappa shape index (κ3) is 4.22. The smallest absolute Gasteiger partial charge is 0.333 e. The lowest BCUT2D eigenvalue weighted by Gasteiger charge is -2.05. The molecule has 98 valence electrons. The van der Waals surface area contributed by atoms with Gasteiger partial charge in [-0.15, -0.1) is 11.8 Å². The first kappa shape index (κ1) is 14.8. The summed E-state index contributed by atoms with van der Waals surface area (Å²) in [6.07, 6.45) is 2.66. The number of carbonyl (C=O) groups excluding carboxylic acids is 1. The van der Waals surface area contributed by atoms with Crippen molar-refractivity contribution in [3.63, 3.8) is 0 Å². The van der Waals surface area contributed by atoms with Crippen molar-refractivity contribution in [2.45, 2.75) is 32.1 Å². The highest BCUT2D eigenvalue weighted by Crippen LogP contribution is 2.21. The fourth-order valence-corrected chi connectivity index (χ4v) is 2.45. The third-order valence-electron chi connectivity index (χ3n) is 2.89. The molecule has 0 radical (unpaired) electrons. The summed E-state index contributed by atoms with van der Waals surface area (Å²) < 4.78 is 4.72. The second-order valence-corrected chi connectivity index (χ2v) is 5.22. The topological polar surface area (TPSA) is 26.3 Å². The molecule has 0 fully saturated rings. The maximum absolute atomic E-state index is 11.4. The molecule has 0 spiro atoms. The van der Waals surface area contributed by atoms with E-state index in [2.05, 4.69) is 32.0 Å². The molecule has 1 aromatic rings. The van der Waals surface area contributed by atoms with Gasteiger partial charge in [0.2, 0.25) is 0 Å². The molecule has 1 aromatic carbocycles. The largest absolute Gasteiger partial charge is 0.466 e. The molecule has 0 saturated carbocycles. The number of thioether (sulfide) groups is 1. The van der Waals surface area contributed by atoms with E-state index in [0.717, 1.165) is 11.3 Å². The fraction of sp³-hybridized carbons (Fsp3) is 0.400. The number of esters is 1. The van der Waals surface area contributed by atoms with E-state index in [4.69, 9.17) is 4.74 Å². The molecule has 0 unspecified atom stereocenters. The summed E-state index contributed by atoms with van der Waals surface area (Å²) in [5.74, 6) is 0.569. The van der Waals surface area contributed by atoms with Gasteiger partial charge in [-0.05, 0) is 43.5 Å². The standard InChI is InChI=1S/C15H20O2S/c1-5-13(15(16)17-4)8-9-18-14-7-6-11(2)12(3)10-14/h6-8,10H,5,9H2,1-4H3. The molecule has 0 aromatic heterocycles. The second-order valence-electron chi connectivity index (χ2n) is 4.13. The van der Waals surface area contributed by atoms with Crippen molar-refractivity contribution in [1.82, 2.24) is 0 Å². The van der Waals surface area contributed by atoms with Crippen LogP contribution in [0, 0.1) is 13.8 Å². The monoisotopic (exact) mass is 264 g/mol. The number of carbonyl (C=O) groups is 1. The molecular formula is C15H20O2S. The molecule has 0 saturated heterocycles. The number of hydrogen-bond acceptors (Lipinski definition) is 3. The van der Waals surface area contributed by atoms with Crippen molar-refractivity contribution < 1.29 is 9.53 Å². The summed E-state index contributed by atoms with van der Waals surface area (Å²) in [6, 6.07) is 6.42. The van der Waals surface area contributed by atoms with Crippen LogP contribution in [0.2, 0.25) is 0 Å². The van der Waals surface area contributed by atoms with E-state index in [1.165, 1.54) is 23.1 Å². The first-order valence-electron chi connectivity index (χ1n) is 6.05. The summed E-state index contributed by atoms with van der Waals surface area (Å²) in [5, 5.41) is 0. The molecule has 2 nitrogen and oxygen atoms in total. The van der Waals surface area contributed by atoms with Gasteiger partial charge in [0.15, 0.2) is 0 Å². The molecule has 0 N–H and O–H groups in total. The van der Waals surface area contributed by atoms with Crippen LogP contribution in [-0.4, -0.2) is 18.8 Å². The summed E-state index contributed by atoms with van der Waals surface area (Å²) in [4.78, 5) is 12.6. The lowest BCUT2D eigenvalue weighted by Crippen LogP contribution is -2.04. The minimum atomic E-state index is -0.224. The van der Waals surface area contributed by atoms with Crippen molar-refractivity contribution in [3.8, 4) is 0 Å². The predicted molar refractivity (Wildman–Crippen MR) is 77.0 cm³/mol. The van der Waals surface area contributed by atoms with E-state index in [1.54, 1.807) is 11.8 Å². The minimum Gasteiger partial charge on any atom is -0.466 e. The van der Waals surface area contributed by atoms with E-state index in [1.807, 2.05) is 13.0 Å². The van der Waals surface area contributed by atoms with Crippen molar-refractivity contribution in [1.29, 1.82) is 0 Å². The summed E-state index contributed by atoms with van der Waals surface area (Å²) in [6.45, 7) is 6.18. The zero-order valence-corrected chi connectivity index (χ0v) is 12.3. The number of ether oxygens (including phenoxy) is 1. The van der Waals surface area contributed by atoms with Crippen LogP contribution in [0.1, 0.15) is 24.5 Å². The molecular weight excluding hydrogens is 244 g/mol. The van der Waals surface area contributed by atoms with Crippen LogP contribution in [0.4, 0.5) is 0 Å². The number of benzene rings is 1. The highest BCUT2D eigenvalue weighted by atomic mass is 32.2. The van der Waals surface area contributed by atoms with E-state index >= 15 is 0 Å². The van der Waals surface area contributed by atoms with Crippen molar-refractivity contribution in [3.05, 3.63) is 41.0 Å². The van der Waals surface area contributed by atoms with Gasteiger partial charge in [-0.3, -0.25) is 0 Å². The number of rotatable bonds is 5. The first-order chi connectivity index (χ1) is 8.58. The normalized spacial score (nSPS) is 11.4. The molecule has 18 heavy (non-hydrogen) atoms. The van der Waals surface area contributed by atoms with Gasteiger partial charge in [0.1, 0.15) is 0 Å². The summed E-state index contributed by atoms with van der Waals surface area (Å²) >= 11 is 1.73. The Kier molecular flexibility index (Phi) is 5.99. The average Bonchev–Trinajstić information content (AvgIpc) is 2.38. The van der Waals surface area contributed by atoms with Crippen LogP contribution in [0.5, 0.6) is 0 Å². The summed E-state index contributed by atoms with van der Waals surface area (Å²) in [7, 11) is 1.42. The molecule has 0 atom stereocenters. The molecule has 0 amide bonds. The van der Waals surface area contributed by atoms with Gasteiger partial charge >= 0.3 is 5.97 Å². The van der Waals surface area contributed by atoms with Crippen molar-refractivity contribution in [2.24, 2.45) is 0 Å². The van der Waals surface area contributed by atoms with Gasteiger partial charge in [0.05, 0.1) is 7.11 Å². The molecule has 0 bridgehead atoms. The number of hydrogen-bond donors (Lipinski definition) is 0. The first-order valence-corrected chi connectivity index (χ1v) is 7.04. The van der Waals surface area contributed by atoms with Crippen LogP contribution in [0.25, 0.3) is 0 Å². The van der Waals surface area contributed by atoms with Gasteiger partial charge in [-0.1, -0.05) is 19.1 Å². The Morgan fingerprint density at radius 2 is 2.06 bits per heavy atom. The van der Waals surface area contributed by atoms with Gasteiger partial charge in [-0.2, -0.15) is 0 Å². The van der Waals surface area contributed by atoms with E-state index in [-0.39, 0.29) is 5.97 Å². The maximum Gasteiger partial charge on any atom is 0.333 e. The van der Waals surface area contributed by atoms with Crippen LogP contribution < -0.4 is 0 Å². The Hall–Kier alpha value is -1.22. The van der Waals surface area contributed by atoms with E-state index in [0.29, 0.717) is 6.42 Å². The fourth-order valence-electron chi connectivity index (χ4n) is 1.55. The van der Waals surface area contributed by atoms with Gasteiger partial charge in [0.25, 0.3) is 0 Å². The predicted octanol–water partition coefficient (Wildman–Crippen LogP) is 3.90. The second kappa shape index (κ2) is 7.27. The SMILES string of the molecule is CCC(=CCSc1ccc(C)c(C)c1)C(=O)OC. The average molecular weight is 264 g/mol. The van der Waals surface area contributed by atoms with E-state index < -0.39 is 0 Å². The minimum absolute atomic E-state index is 0.224. The Labute approximate surface area is 113 Å². The zero-order chi connectivity index (χ0) is 13.5. The van der Waals surface area contributed by atoms with Crippen molar-refractivity contribution in [2.75, 3.05) is 12.9 Å². The van der Waals surface area contributed by atoms with Gasteiger partial charge < -0.3 is 4.74 Å². The van der Waals surface area contributed by atoms with Gasteiger partial charge in [0, 0.05) is 16.2 Å². The quantitative estimate of drug-likeness (QED) is 0.458. The Morgan fingerprint density at radius 3 is 2.61 bits per heavy atom. The molecule has 3 heteroatoms. The van der Waals surface area contributed by atoms with Crippen molar-refractivity contribution >= 4 is 17.7 Å². The maximum atomic E-state index is 11.4. The lowest BCUT2D eigenvalue weighted by molar-refractivity contribution is -0.136. The molecule has 1 rings (SSSR count). The lowest BCUT2D eigenvalue weighted by atomic mass is 10.1. The van der Waals surface area contributed by atoms with Crippen LogP contribution in [0.15, 0.2) is 34.7 Å². The Bertz CT molecular complexity index is 450. The number of methoxy groups -OCH3 is 1. The third-order valence-corrected chi connectivity index (χ3v) is 3.81. The molecule has 0 aliphatic heterocycles. The zero-order valence-electron chi connectivity index (χ0n) is 11.4. The Balaban J connectivity index is 2.62. The Morgan fingerprint density at radius 1 is 1.33 bits per heavy atom. The van der Waals surface area contributed by atoms with Crippen LogP contribution in [-0.2, 0) is 9.53 Å². The highest BCUT2D eigenvalue weighted by Gasteiger charge is 2.06. The highest BCUT2D eigenvalue weighted by molar-refractivity contribution is 7.99. The summed E-state index contributed by atoms with van der Waals surface area (Å²) in [5.41, 5.74) is 3.35.